The first-order chi connectivity index (χ1) is 5.86. The van der Waals surface area contributed by atoms with Gasteiger partial charge in [-0.15, -0.1) is 10.2 Å². The minimum atomic E-state index is -0.112. The van der Waals surface area contributed by atoms with Crippen molar-refractivity contribution < 1.29 is 5.11 Å². The van der Waals surface area contributed by atoms with Crippen LogP contribution in [0.3, 0.4) is 0 Å². The number of hydrogen-bond acceptors (Lipinski definition) is 5. The second kappa shape index (κ2) is 2.57. The molecule has 0 saturated carbocycles. The third-order valence-corrected chi connectivity index (χ3v) is 1.29. The van der Waals surface area contributed by atoms with Gasteiger partial charge in [-0.25, -0.2) is 9.67 Å². The van der Waals surface area contributed by atoms with Crippen molar-refractivity contribution in [2.24, 2.45) is 0 Å². The highest BCUT2D eigenvalue weighted by molar-refractivity contribution is 5.20. The molecule has 0 aromatic carbocycles. The van der Waals surface area contributed by atoms with Crippen LogP contribution in [-0.4, -0.2) is 30.1 Å². The number of nitrogens with zero attached hydrogens (tertiary/aromatic N) is 5. The summed E-state index contributed by atoms with van der Waals surface area (Å²) in [5, 5.41) is 19.8. The maximum atomic E-state index is 8.84. The van der Waals surface area contributed by atoms with Crippen molar-refractivity contribution in [3.63, 3.8) is 0 Å². The fraction of sp³-hybridized carbons (Fsp3) is 0. The summed E-state index contributed by atoms with van der Waals surface area (Å²) in [6.45, 7) is 0. The molecule has 12 heavy (non-hydrogen) atoms. The van der Waals surface area contributed by atoms with Crippen molar-refractivity contribution in [2.45, 2.75) is 0 Å². The van der Waals surface area contributed by atoms with E-state index >= 15 is 0 Å². The average molecular weight is 163 g/mol. The Morgan fingerprint density at radius 3 is 2.75 bits per heavy atom. The Kier molecular flexibility index (Phi) is 1.44. The van der Waals surface area contributed by atoms with Gasteiger partial charge in [0.05, 0.1) is 0 Å². The molecule has 0 bridgehead atoms. The van der Waals surface area contributed by atoms with Crippen LogP contribution in [0.4, 0.5) is 0 Å². The Bertz CT molecular complexity index is 354. The minimum Gasteiger partial charge on any atom is -0.492 e. The molecule has 0 amide bonds. The van der Waals surface area contributed by atoms with Crippen molar-refractivity contribution >= 4 is 0 Å². The van der Waals surface area contributed by atoms with Crippen LogP contribution in [0.25, 0.3) is 5.82 Å². The zero-order chi connectivity index (χ0) is 8.39. The van der Waals surface area contributed by atoms with E-state index in [1.165, 1.54) is 23.4 Å². The smallest absolute Gasteiger partial charge is 0.231 e. The average Bonchev–Trinajstić information content (AvgIpc) is 2.58. The highest BCUT2D eigenvalue weighted by Crippen LogP contribution is 2.03. The van der Waals surface area contributed by atoms with Crippen molar-refractivity contribution in [3.05, 3.63) is 24.8 Å². The van der Waals surface area contributed by atoms with E-state index in [1.807, 2.05) is 0 Å². The van der Waals surface area contributed by atoms with E-state index in [0.29, 0.717) is 5.82 Å². The van der Waals surface area contributed by atoms with Crippen LogP contribution in [0, 0.1) is 0 Å². The van der Waals surface area contributed by atoms with Gasteiger partial charge in [0.2, 0.25) is 5.88 Å². The molecule has 6 nitrogen and oxygen atoms in total. The molecule has 0 aliphatic carbocycles. The van der Waals surface area contributed by atoms with E-state index in [0.717, 1.165) is 0 Å². The van der Waals surface area contributed by atoms with Crippen molar-refractivity contribution in [1.82, 2.24) is 25.0 Å². The fourth-order valence-corrected chi connectivity index (χ4v) is 0.767. The zero-order valence-electron chi connectivity index (χ0n) is 5.99. The van der Waals surface area contributed by atoms with Gasteiger partial charge in [-0.05, 0) is 6.07 Å². The molecule has 60 valence electrons. The maximum absolute atomic E-state index is 8.84. The minimum absolute atomic E-state index is 0.112. The third kappa shape index (κ3) is 1.09. The van der Waals surface area contributed by atoms with E-state index in [9.17, 15) is 0 Å². The standard InChI is InChI=1S/C6H5N5O/c12-6-2-1-5(9-10-6)11-4-7-3-8-11/h1-4H,(H,10,12). The van der Waals surface area contributed by atoms with Crippen LogP contribution >= 0.6 is 0 Å². The molecule has 0 aliphatic heterocycles. The molecule has 2 aromatic rings. The van der Waals surface area contributed by atoms with Gasteiger partial charge in [-0.3, -0.25) is 0 Å². The fourth-order valence-electron chi connectivity index (χ4n) is 0.767. The van der Waals surface area contributed by atoms with Crippen LogP contribution in [0.2, 0.25) is 0 Å². The summed E-state index contributed by atoms with van der Waals surface area (Å²) in [5.74, 6) is 0.407. The molecule has 0 fully saturated rings. The SMILES string of the molecule is Oc1ccc(-n2cncn2)nn1. The Balaban J connectivity index is 2.43. The molecule has 0 spiro atoms. The summed E-state index contributed by atoms with van der Waals surface area (Å²) in [5.41, 5.74) is 0. The Morgan fingerprint density at radius 2 is 2.17 bits per heavy atom. The van der Waals surface area contributed by atoms with E-state index in [-0.39, 0.29) is 5.88 Å². The lowest BCUT2D eigenvalue weighted by atomic mass is 10.5. The maximum Gasteiger partial charge on any atom is 0.231 e. The second-order valence-electron chi connectivity index (χ2n) is 2.09. The zero-order valence-corrected chi connectivity index (χ0v) is 5.99. The Hall–Kier alpha value is -1.98. The molecule has 2 rings (SSSR count). The van der Waals surface area contributed by atoms with Gasteiger partial charge >= 0.3 is 0 Å². The lowest BCUT2D eigenvalue weighted by molar-refractivity contribution is 0.444. The lowest BCUT2D eigenvalue weighted by Crippen LogP contribution is -1.98. The van der Waals surface area contributed by atoms with Gasteiger partial charge in [-0.2, -0.15) is 5.10 Å². The van der Waals surface area contributed by atoms with Gasteiger partial charge in [0.25, 0.3) is 0 Å². The van der Waals surface area contributed by atoms with Crippen LogP contribution < -0.4 is 0 Å². The molecule has 0 unspecified atom stereocenters. The first-order valence-corrected chi connectivity index (χ1v) is 3.24. The Morgan fingerprint density at radius 1 is 1.25 bits per heavy atom. The predicted molar refractivity (Wildman–Crippen MR) is 38.6 cm³/mol. The van der Waals surface area contributed by atoms with E-state index < -0.39 is 0 Å². The molecule has 0 radical (unpaired) electrons. The molecule has 1 N–H and O–H groups in total. The predicted octanol–water partition coefficient (Wildman–Crippen LogP) is -0.237. The van der Waals surface area contributed by atoms with E-state index in [1.54, 1.807) is 6.07 Å². The van der Waals surface area contributed by atoms with Gasteiger partial charge in [-0.1, -0.05) is 0 Å². The molecule has 0 aliphatic rings. The molecule has 0 atom stereocenters. The normalized spacial score (nSPS) is 10.0. The number of hydrogen-bond donors (Lipinski definition) is 1. The molecule has 0 saturated heterocycles. The monoisotopic (exact) mass is 163 g/mol. The van der Waals surface area contributed by atoms with Crippen LogP contribution in [0.1, 0.15) is 0 Å². The molecule has 2 aromatic heterocycles. The van der Waals surface area contributed by atoms with Crippen molar-refractivity contribution in [1.29, 1.82) is 0 Å². The number of rotatable bonds is 1. The number of aromatic nitrogens is 5. The largest absolute Gasteiger partial charge is 0.492 e. The lowest BCUT2D eigenvalue weighted by Gasteiger charge is -1.95. The molecule has 6 heteroatoms. The number of aromatic hydroxyl groups is 1. The highest BCUT2D eigenvalue weighted by Gasteiger charge is 1.97. The third-order valence-electron chi connectivity index (χ3n) is 1.29. The van der Waals surface area contributed by atoms with Gasteiger partial charge in [0, 0.05) is 6.07 Å². The van der Waals surface area contributed by atoms with Gasteiger partial charge in [0.1, 0.15) is 12.7 Å². The summed E-state index contributed by atoms with van der Waals surface area (Å²) in [6, 6.07) is 3.03. The summed E-state index contributed by atoms with van der Waals surface area (Å²) >= 11 is 0. The molecular weight excluding hydrogens is 158 g/mol. The highest BCUT2D eigenvalue weighted by atomic mass is 16.3. The van der Waals surface area contributed by atoms with Crippen molar-refractivity contribution in [3.8, 4) is 11.7 Å². The summed E-state index contributed by atoms with van der Waals surface area (Å²) < 4.78 is 1.45. The van der Waals surface area contributed by atoms with Gasteiger partial charge in [0.15, 0.2) is 5.82 Å². The summed E-state index contributed by atoms with van der Waals surface area (Å²) in [4.78, 5) is 3.74. The Labute approximate surface area is 67.5 Å². The van der Waals surface area contributed by atoms with Crippen LogP contribution in [-0.2, 0) is 0 Å². The van der Waals surface area contributed by atoms with Crippen LogP contribution in [0.5, 0.6) is 5.88 Å². The topological polar surface area (TPSA) is 76.7 Å². The quantitative estimate of drug-likeness (QED) is 0.628. The summed E-state index contributed by atoms with van der Waals surface area (Å²) in [6.07, 6.45) is 2.90. The summed E-state index contributed by atoms with van der Waals surface area (Å²) in [7, 11) is 0. The van der Waals surface area contributed by atoms with E-state index in [4.69, 9.17) is 5.11 Å². The van der Waals surface area contributed by atoms with Gasteiger partial charge < -0.3 is 5.11 Å². The molecule has 2 heterocycles. The first-order valence-electron chi connectivity index (χ1n) is 3.24. The van der Waals surface area contributed by atoms with Crippen LogP contribution in [0.15, 0.2) is 24.8 Å². The van der Waals surface area contributed by atoms with Crippen molar-refractivity contribution in [2.75, 3.05) is 0 Å². The first kappa shape index (κ1) is 6.71. The van der Waals surface area contributed by atoms with E-state index in [2.05, 4.69) is 20.3 Å². The molecular formula is C6H5N5O. The second-order valence-corrected chi connectivity index (χ2v) is 2.09.